The number of aliphatic imine (C=N–C) groups is 1. The minimum atomic E-state index is 0.406. The zero-order valence-corrected chi connectivity index (χ0v) is 18.1. The summed E-state index contributed by atoms with van der Waals surface area (Å²) in [5.41, 5.74) is 2.54. The molecular formula is C20H27N3S3. The van der Waals surface area contributed by atoms with Crippen molar-refractivity contribution < 1.29 is 0 Å². The molecule has 0 atom stereocenters. The zero-order chi connectivity index (χ0) is 18.6. The number of anilines is 1. The average Bonchev–Trinajstić information content (AvgIpc) is 3.09. The van der Waals surface area contributed by atoms with Crippen LogP contribution in [0.15, 0.2) is 41.9 Å². The van der Waals surface area contributed by atoms with Crippen molar-refractivity contribution >= 4 is 56.6 Å². The molecule has 0 unspecified atom stereocenters. The van der Waals surface area contributed by atoms with Crippen molar-refractivity contribution in [2.45, 2.75) is 25.7 Å². The number of thiocarbonyl (C=S) groups is 1. The maximum Gasteiger partial charge on any atom is 0.170 e. The Morgan fingerprint density at radius 1 is 1.38 bits per heavy atom. The lowest BCUT2D eigenvalue weighted by molar-refractivity contribution is 0.291. The molecular weight excluding hydrogens is 378 g/mol. The molecule has 1 aliphatic carbocycles. The maximum absolute atomic E-state index is 5.77. The third kappa shape index (κ3) is 4.46. The van der Waals surface area contributed by atoms with Gasteiger partial charge in [0.2, 0.25) is 0 Å². The van der Waals surface area contributed by atoms with Crippen LogP contribution in [-0.4, -0.2) is 46.5 Å². The van der Waals surface area contributed by atoms with E-state index in [1.54, 1.807) is 11.8 Å². The van der Waals surface area contributed by atoms with Gasteiger partial charge in [0.15, 0.2) is 5.17 Å². The van der Waals surface area contributed by atoms with E-state index in [2.05, 4.69) is 48.7 Å². The average molecular weight is 406 g/mol. The van der Waals surface area contributed by atoms with Gasteiger partial charge < -0.3 is 9.80 Å². The molecule has 0 radical (unpaired) electrons. The fourth-order valence-corrected chi connectivity index (χ4v) is 5.98. The normalized spacial score (nSPS) is 20.5. The Morgan fingerprint density at radius 3 is 2.81 bits per heavy atom. The van der Waals surface area contributed by atoms with Crippen LogP contribution in [0, 0.1) is 5.41 Å². The van der Waals surface area contributed by atoms with Gasteiger partial charge in [-0.1, -0.05) is 66.8 Å². The molecule has 1 aromatic rings. The fourth-order valence-electron chi connectivity index (χ4n) is 3.66. The molecule has 6 heteroatoms. The summed E-state index contributed by atoms with van der Waals surface area (Å²) in [5.74, 6) is 2.00. The van der Waals surface area contributed by atoms with Crippen LogP contribution in [0.25, 0.3) is 0 Å². The minimum absolute atomic E-state index is 0.406. The van der Waals surface area contributed by atoms with E-state index < -0.39 is 0 Å². The predicted molar refractivity (Wildman–Crippen MR) is 123 cm³/mol. The third-order valence-corrected chi connectivity index (χ3v) is 7.79. The van der Waals surface area contributed by atoms with Crippen molar-refractivity contribution in [2.75, 3.05) is 37.0 Å². The molecule has 140 valence electrons. The second kappa shape index (κ2) is 8.81. The standard InChI is InChI=1S/C20H27N3S3/c1-4-13-25-19(24)23-14-20(11-7-8-12-20)15-26-18(23)21-16-9-5-6-10-17(16)22(2)3/h4-6,9-10H,1,7-8,11-15H2,2-3H3. The SMILES string of the molecule is C=CCSC(=S)N1CC2(CCCC2)CSC1=Nc1ccccc1N(C)C. The summed E-state index contributed by atoms with van der Waals surface area (Å²) in [7, 11) is 4.12. The lowest BCUT2D eigenvalue weighted by Gasteiger charge is -2.41. The summed E-state index contributed by atoms with van der Waals surface area (Å²) in [6.45, 7) is 4.83. The van der Waals surface area contributed by atoms with E-state index in [9.17, 15) is 0 Å². The number of hydrogen-bond donors (Lipinski definition) is 0. The van der Waals surface area contributed by atoms with Gasteiger partial charge in [-0.2, -0.15) is 0 Å². The highest BCUT2D eigenvalue weighted by molar-refractivity contribution is 8.23. The first-order valence-corrected chi connectivity index (χ1v) is 11.5. The van der Waals surface area contributed by atoms with Gasteiger partial charge in [0.25, 0.3) is 0 Å². The monoisotopic (exact) mass is 405 g/mol. The van der Waals surface area contributed by atoms with Gasteiger partial charge in [-0.25, -0.2) is 4.99 Å². The number of benzene rings is 1. The summed E-state index contributed by atoms with van der Waals surface area (Å²) in [4.78, 5) is 9.44. The molecule has 1 heterocycles. The van der Waals surface area contributed by atoms with Gasteiger partial charge in [-0.3, -0.25) is 0 Å². The Hall–Kier alpha value is -0.980. The van der Waals surface area contributed by atoms with Crippen LogP contribution < -0.4 is 4.90 Å². The first-order chi connectivity index (χ1) is 12.5. The minimum Gasteiger partial charge on any atom is -0.376 e. The molecule has 2 fully saturated rings. The summed E-state index contributed by atoms with van der Waals surface area (Å²) in [6, 6.07) is 8.30. The molecule has 26 heavy (non-hydrogen) atoms. The van der Waals surface area contributed by atoms with Gasteiger partial charge in [0, 0.05) is 32.1 Å². The van der Waals surface area contributed by atoms with Crippen molar-refractivity contribution in [1.82, 2.24) is 4.90 Å². The molecule has 0 N–H and O–H groups in total. The van der Waals surface area contributed by atoms with E-state index in [0.29, 0.717) is 5.41 Å². The number of nitrogens with zero attached hydrogens (tertiary/aromatic N) is 3. The van der Waals surface area contributed by atoms with Crippen molar-refractivity contribution in [3.8, 4) is 0 Å². The smallest absolute Gasteiger partial charge is 0.170 e. The highest BCUT2D eigenvalue weighted by atomic mass is 32.2. The van der Waals surface area contributed by atoms with Crippen LogP contribution >= 0.6 is 35.7 Å². The van der Waals surface area contributed by atoms with Crippen molar-refractivity contribution in [3.63, 3.8) is 0 Å². The Labute approximate surface area is 171 Å². The fraction of sp³-hybridized carbons (Fsp3) is 0.500. The van der Waals surface area contributed by atoms with Gasteiger partial charge >= 0.3 is 0 Å². The first kappa shape index (κ1) is 19.8. The van der Waals surface area contributed by atoms with Crippen molar-refractivity contribution in [3.05, 3.63) is 36.9 Å². The van der Waals surface area contributed by atoms with Crippen LogP contribution in [0.4, 0.5) is 11.4 Å². The quantitative estimate of drug-likeness (QED) is 0.481. The van der Waals surface area contributed by atoms with Crippen molar-refractivity contribution in [1.29, 1.82) is 0 Å². The second-order valence-corrected chi connectivity index (χ2v) is 9.82. The van der Waals surface area contributed by atoms with E-state index >= 15 is 0 Å². The highest BCUT2D eigenvalue weighted by Crippen LogP contribution is 2.46. The summed E-state index contributed by atoms with van der Waals surface area (Å²) >= 11 is 9.33. The predicted octanol–water partition coefficient (Wildman–Crippen LogP) is 5.55. The van der Waals surface area contributed by atoms with E-state index in [0.717, 1.165) is 38.9 Å². The van der Waals surface area contributed by atoms with E-state index in [4.69, 9.17) is 17.2 Å². The topological polar surface area (TPSA) is 18.8 Å². The summed E-state index contributed by atoms with van der Waals surface area (Å²) in [6.07, 6.45) is 7.23. The third-order valence-electron chi connectivity index (χ3n) is 5.02. The maximum atomic E-state index is 5.77. The Morgan fingerprint density at radius 2 is 2.12 bits per heavy atom. The Bertz CT molecular complexity index is 693. The van der Waals surface area contributed by atoms with Crippen LogP contribution in [-0.2, 0) is 0 Å². The molecule has 1 aliphatic heterocycles. The van der Waals surface area contributed by atoms with E-state index in [1.165, 1.54) is 25.7 Å². The number of rotatable bonds is 4. The molecule has 1 spiro atoms. The number of thioether (sulfide) groups is 2. The summed E-state index contributed by atoms with van der Waals surface area (Å²) < 4.78 is 0.921. The molecule has 1 saturated carbocycles. The largest absolute Gasteiger partial charge is 0.376 e. The Kier molecular flexibility index (Phi) is 6.70. The zero-order valence-electron chi connectivity index (χ0n) is 15.6. The number of para-hydroxylation sites is 2. The van der Waals surface area contributed by atoms with Crippen LogP contribution in [0.1, 0.15) is 25.7 Å². The molecule has 0 bridgehead atoms. The molecule has 2 aliphatic rings. The van der Waals surface area contributed by atoms with Gasteiger partial charge in [-0.05, 0) is 30.4 Å². The molecule has 1 saturated heterocycles. The van der Waals surface area contributed by atoms with Gasteiger partial charge in [0.05, 0.1) is 11.4 Å². The van der Waals surface area contributed by atoms with Gasteiger partial charge in [-0.15, -0.1) is 6.58 Å². The lowest BCUT2D eigenvalue weighted by Crippen LogP contribution is -2.47. The van der Waals surface area contributed by atoms with Crippen LogP contribution in [0.3, 0.4) is 0 Å². The Balaban J connectivity index is 1.90. The lowest BCUT2D eigenvalue weighted by atomic mass is 9.88. The van der Waals surface area contributed by atoms with Crippen LogP contribution in [0.5, 0.6) is 0 Å². The number of amidine groups is 1. The first-order valence-electron chi connectivity index (χ1n) is 9.08. The molecule has 3 rings (SSSR count). The second-order valence-electron chi connectivity index (χ2n) is 7.23. The molecule has 0 aromatic heterocycles. The molecule has 0 amide bonds. The highest BCUT2D eigenvalue weighted by Gasteiger charge is 2.41. The van der Waals surface area contributed by atoms with E-state index in [1.807, 2.05) is 23.9 Å². The number of hydrogen-bond acceptors (Lipinski definition) is 5. The van der Waals surface area contributed by atoms with Gasteiger partial charge in [0.1, 0.15) is 4.32 Å². The van der Waals surface area contributed by atoms with Crippen molar-refractivity contribution in [2.24, 2.45) is 10.4 Å². The molecule has 3 nitrogen and oxygen atoms in total. The van der Waals surface area contributed by atoms with Crippen LogP contribution in [0.2, 0.25) is 0 Å². The van der Waals surface area contributed by atoms with E-state index in [-0.39, 0.29) is 0 Å². The summed E-state index contributed by atoms with van der Waals surface area (Å²) in [5, 5.41) is 1.04. The molecule has 1 aromatic carbocycles.